The number of nitrogens with one attached hydrogen (secondary N) is 1. The first-order chi connectivity index (χ1) is 10.7. The minimum Gasteiger partial charge on any atom is -0.371 e. The second-order valence-corrected chi connectivity index (χ2v) is 11.4. The van der Waals surface area contributed by atoms with Crippen LogP contribution in [0.5, 0.6) is 0 Å². The minimum absolute atomic E-state index is 0.120. The normalized spacial score (nSPS) is 19.1. The number of hydroxylamine groups is 1. The van der Waals surface area contributed by atoms with Crippen molar-refractivity contribution in [2.75, 3.05) is 12.3 Å². The van der Waals surface area contributed by atoms with Gasteiger partial charge in [0.25, 0.3) is 0 Å². The summed E-state index contributed by atoms with van der Waals surface area (Å²) in [5.74, 6) is 1.16. The van der Waals surface area contributed by atoms with E-state index in [-0.39, 0.29) is 11.4 Å². The van der Waals surface area contributed by atoms with Gasteiger partial charge < -0.3 is 4.84 Å². The van der Waals surface area contributed by atoms with E-state index in [9.17, 15) is 4.79 Å². The van der Waals surface area contributed by atoms with Gasteiger partial charge in [-0.05, 0) is 42.9 Å². The van der Waals surface area contributed by atoms with E-state index in [4.69, 9.17) is 4.84 Å². The molecule has 0 spiro atoms. The Labute approximate surface area is 150 Å². The second-order valence-electron chi connectivity index (χ2n) is 8.59. The van der Waals surface area contributed by atoms with Gasteiger partial charge in [0, 0.05) is 24.0 Å². The molecule has 0 aromatic rings. The first kappa shape index (κ1) is 21.2. The summed E-state index contributed by atoms with van der Waals surface area (Å²) < 4.78 is 0. The molecular formula is C18H35NO2S2. The molecule has 0 aliphatic carbocycles. The van der Waals surface area contributed by atoms with E-state index in [0.717, 1.165) is 24.5 Å². The van der Waals surface area contributed by atoms with Crippen LogP contribution >= 0.6 is 21.6 Å². The topological polar surface area (TPSA) is 38.3 Å². The van der Waals surface area contributed by atoms with Crippen LogP contribution < -0.4 is 5.48 Å². The molecule has 1 fully saturated rings. The molecule has 0 aromatic carbocycles. The summed E-state index contributed by atoms with van der Waals surface area (Å²) in [6.07, 6.45) is 7.45. The number of hydrogen-bond acceptors (Lipinski definition) is 5. The molecular weight excluding hydrogens is 326 g/mol. The Hall–Kier alpha value is 0.130. The number of carbonyl (C=O) groups is 1. The second kappa shape index (κ2) is 10.2. The van der Waals surface area contributed by atoms with E-state index in [1.54, 1.807) is 0 Å². The Morgan fingerprint density at radius 2 is 1.91 bits per heavy atom. The van der Waals surface area contributed by atoms with Crippen molar-refractivity contribution in [2.24, 2.45) is 10.8 Å². The van der Waals surface area contributed by atoms with E-state index in [2.05, 4.69) is 40.1 Å². The molecule has 1 rings (SSSR count). The highest BCUT2D eigenvalue weighted by Crippen LogP contribution is 2.39. The van der Waals surface area contributed by atoms with Gasteiger partial charge in [0.15, 0.2) is 0 Å². The van der Waals surface area contributed by atoms with Crippen molar-refractivity contribution in [1.82, 2.24) is 5.48 Å². The van der Waals surface area contributed by atoms with Crippen molar-refractivity contribution in [2.45, 2.75) is 84.8 Å². The highest BCUT2D eigenvalue weighted by atomic mass is 33.1. The molecule has 1 N–H and O–H groups in total. The van der Waals surface area contributed by atoms with Crippen LogP contribution in [0.3, 0.4) is 0 Å². The van der Waals surface area contributed by atoms with Gasteiger partial charge in [-0.3, -0.25) is 4.79 Å². The zero-order valence-electron chi connectivity index (χ0n) is 15.6. The zero-order chi connectivity index (χ0) is 17.3. The fraction of sp³-hybridized carbons (Fsp3) is 0.944. The number of unbranched alkanes of at least 4 members (excludes halogenated alkanes) is 1. The molecule has 5 heteroatoms. The molecule has 1 atom stereocenters. The summed E-state index contributed by atoms with van der Waals surface area (Å²) in [5, 5.41) is 0.803. The number of rotatable bonds is 10. The van der Waals surface area contributed by atoms with Gasteiger partial charge in [-0.25, -0.2) is 0 Å². The van der Waals surface area contributed by atoms with Crippen molar-refractivity contribution >= 4 is 27.6 Å². The van der Waals surface area contributed by atoms with Crippen LogP contribution in [0.25, 0.3) is 0 Å². The molecule has 3 nitrogen and oxygen atoms in total. The molecule has 0 amide bonds. The van der Waals surface area contributed by atoms with E-state index >= 15 is 0 Å². The van der Waals surface area contributed by atoms with Gasteiger partial charge >= 0.3 is 5.97 Å². The van der Waals surface area contributed by atoms with Crippen molar-refractivity contribution in [1.29, 1.82) is 0 Å². The molecule has 0 bridgehead atoms. The molecule has 1 aliphatic rings. The predicted molar refractivity (Wildman–Crippen MR) is 103 cm³/mol. The van der Waals surface area contributed by atoms with Crippen LogP contribution in [0.1, 0.15) is 79.6 Å². The maximum Gasteiger partial charge on any atom is 0.324 e. The third-order valence-electron chi connectivity index (χ3n) is 4.17. The maximum atomic E-state index is 11.7. The Morgan fingerprint density at radius 3 is 2.52 bits per heavy atom. The average Bonchev–Trinajstić information content (AvgIpc) is 2.94. The van der Waals surface area contributed by atoms with Crippen LogP contribution in [0.15, 0.2) is 0 Å². The summed E-state index contributed by atoms with van der Waals surface area (Å²) in [6, 6.07) is 0. The maximum absolute atomic E-state index is 11.7. The van der Waals surface area contributed by atoms with Gasteiger partial charge in [0.1, 0.15) is 0 Å². The lowest BCUT2D eigenvalue weighted by Crippen LogP contribution is -2.32. The molecule has 1 aliphatic heterocycles. The van der Waals surface area contributed by atoms with Gasteiger partial charge in [-0.15, -0.1) is 0 Å². The van der Waals surface area contributed by atoms with Gasteiger partial charge in [-0.1, -0.05) is 62.6 Å². The smallest absolute Gasteiger partial charge is 0.324 e. The van der Waals surface area contributed by atoms with Crippen LogP contribution in [0, 0.1) is 10.8 Å². The van der Waals surface area contributed by atoms with E-state index in [1.165, 1.54) is 25.0 Å². The highest BCUT2D eigenvalue weighted by molar-refractivity contribution is 8.77. The SMILES string of the molecule is CC(C)(C)CCC(C)(C)CNOC(=O)CCCCC1CCSS1. The Kier molecular flexibility index (Phi) is 9.39. The van der Waals surface area contributed by atoms with Crippen molar-refractivity contribution in [3.63, 3.8) is 0 Å². The molecule has 1 heterocycles. The molecule has 136 valence electrons. The van der Waals surface area contributed by atoms with Crippen LogP contribution in [0.2, 0.25) is 0 Å². The van der Waals surface area contributed by atoms with Crippen molar-refractivity contribution < 1.29 is 9.63 Å². The Morgan fingerprint density at radius 1 is 1.17 bits per heavy atom. The molecule has 0 aromatic heterocycles. The van der Waals surface area contributed by atoms with Crippen LogP contribution in [0.4, 0.5) is 0 Å². The summed E-state index contributed by atoms with van der Waals surface area (Å²) in [7, 11) is 3.99. The summed E-state index contributed by atoms with van der Waals surface area (Å²) in [4.78, 5) is 16.9. The fourth-order valence-corrected chi connectivity index (χ4v) is 5.40. The minimum atomic E-state index is -0.120. The van der Waals surface area contributed by atoms with E-state index in [0.29, 0.717) is 18.4 Å². The monoisotopic (exact) mass is 361 g/mol. The molecule has 23 heavy (non-hydrogen) atoms. The van der Waals surface area contributed by atoms with Gasteiger partial charge in [0.05, 0.1) is 0 Å². The largest absolute Gasteiger partial charge is 0.371 e. The lowest BCUT2D eigenvalue weighted by atomic mass is 9.80. The average molecular weight is 362 g/mol. The lowest BCUT2D eigenvalue weighted by molar-refractivity contribution is -0.152. The fourth-order valence-electron chi connectivity index (χ4n) is 2.37. The van der Waals surface area contributed by atoms with Gasteiger partial charge in [-0.2, -0.15) is 5.48 Å². The molecule has 1 saturated heterocycles. The zero-order valence-corrected chi connectivity index (χ0v) is 17.2. The van der Waals surface area contributed by atoms with Crippen molar-refractivity contribution in [3.8, 4) is 0 Å². The summed E-state index contributed by atoms with van der Waals surface area (Å²) >= 11 is 0. The summed E-state index contributed by atoms with van der Waals surface area (Å²) in [5.41, 5.74) is 3.38. The quantitative estimate of drug-likeness (QED) is 0.311. The van der Waals surface area contributed by atoms with Crippen molar-refractivity contribution in [3.05, 3.63) is 0 Å². The number of hydrogen-bond donors (Lipinski definition) is 1. The first-order valence-corrected chi connectivity index (χ1v) is 11.3. The molecule has 0 saturated carbocycles. The van der Waals surface area contributed by atoms with Crippen LogP contribution in [-0.2, 0) is 9.63 Å². The first-order valence-electron chi connectivity index (χ1n) is 8.89. The Balaban J connectivity index is 2.03. The van der Waals surface area contributed by atoms with E-state index in [1.807, 2.05) is 21.6 Å². The predicted octanol–water partition coefficient (Wildman–Crippen LogP) is 5.60. The third kappa shape index (κ3) is 11.3. The third-order valence-corrected chi connectivity index (χ3v) is 7.18. The summed E-state index contributed by atoms with van der Waals surface area (Å²) in [6.45, 7) is 11.9. The molecule has 0 radical (unpaired) electrons. The highest BCUT2D eigenvalue weighted by Gasteiger charge is 2.22. The molecule has 1 unspecified atom stereocenters. The van der Waals surface area contributed by atoms with E-state index < -0.39 is 0 Å². The standard InChI is InChI=1S/C18H35NO2S2/c1-17(2,3)11-12-18(4,5)14-19-21-16(20)9-7-6-8-15-10-13-22-23-15/h15,19H,6-14H2,1-5H3. The number of carbonyl (C=O) groups excluding carboxylic acids is 1. The van der Waals surface area contributed by atoms with Crippen LogP contribution in [-0.4, -0.2) is 23.5 Å². The Bertz CT molecular complexity index is 347. The van der Waals surface area contributed by atoms with Gasteiger partial charge in [0.2, 0.25) is 0 Å². The lowest BCUT2D eigenvalue weighted by Gasteiger charge is -2.28.